The summed E-state index contributed by atoms with van der Waals surface area (Å²) in [6.45, 7) is 1.17. The lowest BCUT2D eigenvalue weighted by atomic mass is 10.4. The molecule has 0 atom stereocenters. The molecule has 2 rings (SSSR count). The van der Waals surface area contributed by atoms with E-state index in [0.29, 0.717) is 13.2 Å². The lowest BCUT2D eigenvalue weighted by Crippen LogP contribution is -2.04. The maximum Gasteiger partial charge on any atom is 0.136 e. The summed E-state index contributed by atoms with van der Waals surface area (Å²) in [4.78, 5) is 4.14. The van der Waals surface area contributed by atoms with Gasteiger partial charge < -0.3 is 13.9 Å². The topological polar surface area (TPSA) is 35.8 Å². The lowest BCUT2D eigenvalue weighted by molar-refractivity contribution is 0.146. The fraction of sp³-hybridized carbons (Fsp3) is 0.300. The van der Waals surface area contributed by atoms with Crippen molar-refractivity contribution in [3.63, 3.8) is 0 Å². The van der Waals surface area contributed by atoms with E-state index in [2.05, 4.69) is 4.98 Å². The van der Waals surface area contributed by atoms with Crippen molar-refractivity contribution >= 4 is 5.65 Å². The van der Waals surface area contributed by atoms with E-state index in [0.717, 1.165) is 11.4 Å². The first-order chi connectivity index (χ1) is 6.90. The van der Waals surface area contributed by atoms with Crippen LogP contribution in [0.15, 0.2) is 30.7 Å². The van der Waals surface area contributed by atoms with Gasteiger partial charge in [-0.05, 0) is 12.1 Å². The molecule has 0 unspecified atom stereocenters. The number of hydrogen-bond acceptors (Lipinski definition) is 3. The van der Waals surface area contributed by atoms with Gasteiger partial charge in [0.15, 0.2) is 0 Å². The fourth-order valence-electron chi connectivity index (χ4n) is 1.23. The van der Waals surface area contributed by atoms with Crippen molar-refractivity contribution in [2.24, 2.45) is 0 Å². The van der Waals surface area contributed by atoms with Crippen LogP contribution in [0.5, 0.6) is 5.75 Å². The number of nitrogens with zero attached hydrogens (tertiary/aromatic N) is 2. The highest BCUT2D eigenvalue weighted by molar-refractivity contribution is 5.41. The average molecular weight is 192 g/mol. The third-order valence-electron chi connectivity index (χ3n) is 1.92. The van der Waals surface area contributed by atoms with Gasteiger partial charge in [0.2, 0.25) is 0 Å². The molecule has 0 saturated heterocycles. The van der Waals surface area contributed by atoms with Gasteiger partial charge in [0.1, 0.15) is 18.0 Å². The number of imidazole rings is 1. The molecule has 4 nitrogen and oxygen atoms in total. The zero-order valence-corrected chi connectivity index (χ0v) is 8.01. The van der Waals surface area contributed by atoms with Crippen LogP contribution in [0.2, 0.25) is 0 Å². The first kappa shape index (κ1) is 9.02. The molecular formula is C10H12N2O2. The molecule has 0 amide bonds. The Labute approximate surface area is 82.1 Å². The first-order valence-corrected chi connectivity index (χ1v) is 4.44. The van der Waals surface area contributed by atoms with Gasteiger partial charge in [-0.25, -0.2) is 4.98 Å². The highest BCUT2D eigenvalue weighted by Crippen LogP contribution is 2.11. The predicted molar refractivity (Wildman–Crippen MR) is 52.6 cm³/mol. The van der Waals surface area contributed by atoms with E-state index in [1.165, 1.54) is 0 Å². The van der Waals surface area contributed by atoms with E-state index in [-0.39, 0.29) is 0 Å². The molecule has 0 aliphatic rings. The van der Waals surface area contributed by atoms with E-state index >= 15 is 0 Å². The molecular weight excluding hydrogens is 180 g/mol. The van der Waals surface area contributed by atoms with Crippen LogP contribution in [0.3, 0.4) is 0 Å². The standard InChI is InChI=1S/C10H12N2O2/c1-13-6-7-14-9-2-3-10-11-4-5-12(10)8-9/h2-5,8H,6-7H2,1H3. The van der Waals surface area contributed by atoms with Crippen LogP contribution >= 0.6 is 0 Å². The zero-order chi connectivity index (χ0) is 9.80. The first-order valence-electron chi connectivity index (χ1n) is 4.44. The number of rotatable bonds is 4. The van der Waals surface area contributed by atoms with Crippen molar-refractivity contribution in [1.82, 2.24) is 9.38 Å². The molecule has 0 N–H and O–H groups in total. The van der Waals surface area contributed by atoms with Crippen LogP contribution in [0.1, 0.15) is 0 Å². The second-order valence-electron chi connectivity index (χ2n) is 2.90. The molecule has 0 fully saturated rings. The summed E-state index contributed by atoms with van der Waals surface area (Å²) in [5.74, 6) is 0.826. The molecule has 14 heavy (non-hydrogen) atoms. The van der Waals surface area contributed by atoms with Gasteiger partial charge in [0.25, 0.3) is 0 Å². The van der Waals surface area contributed by atoms with Gasteiger partial charge in [0, 0.05) is 19.5 Å². The Morgan fingerprint density at radius 3 is 3.14 bits per heavy atom. The van der Waals surface area contributed by atoms with Crippen LogP contribution in [0.4, 0.5) is 0 Å². The summed E-state index contributed by atoms with van der Waals surface area (Å²) in [6, 6.07) is 3.82. The third kappa shape index (κ3) is 1.85. The van der Waals surface area contributed by atoms with Gasteiger partial charge in [-0.1, -0.05) is 0 Å². The molecule has 0 spiro atoms. The number of ether oxygens (including phenoxy) is 2. The van der Waals surface area contributed by atoms with Gasteiger partial charge in [0.05, 0.1) is 12.8 Å². The molecule has 2 heterocycles. The van der Waals surface area contributed by atoms with Crippen molar-refractivity contribution in [1.29, 1.82) is 0 Å². The maximum atomic E-state index is 5.45. The number of methoxy groups -OCH3 is 1. The van der Waals surface area contributed by atoms with E-state index in [1.54, 1.807) is 13.3 Å². The SMILES string of the molecule is COCCOc1ccc2nccn2c1. The van der Waals surface area contributed by atoms with Gasteiger partial charge in [-0.2, -0.15) is 0 Å². The van der Waals surface area contributed by atoms with Crippen LogP contribution in [-0.4, -0.2) is 29.7 Å². The second kappa shape index (κ2) is 4.11. The van der Waals surface area contributed by atoms with Crippen LogP contribution in [0.25, 0.3) is 5.65 Å². The molecule has 2 aromatic heterocycles. The summed E-state index contributed by atoms with van der Waals surface area (Å²) in [5, 5.41) is 0. The van der Waals surface area contributed by atoms with Crippen LogP contribution in [-0.2, 0) is 4.74 Å². The number of aromatic nitrogens is 2. The van der Waals surface area contributed by atoms with E-state index in [1.807, 2.05) is 28.9 Å². The highest BCUT2D eigenvalue weighted by Gasteiger charge is 1.96. The quantitative estimate of drug-likeness (QED) is 0.686. The largest absolute Gasteiger partial charge is 0.490 e. The third-order valence-corrected chi connectivity index (χ3v) is 1.92. The average Bonchev–Trinajstić information content (AvgIpc) is 2.65. The Balaban J connectivity index is 2.10. The predicted octanol–water partition coefficient (Wildman–Crippen LogP) is 1.36. The molecule has 0 radical (unpaired) electrons. The molecule has 0 aromatic carbocycles. The normalized spacial score (nSPS) is 10.6. The minimum atomic E-state index is 0.566. The van der Waals surface area contributed by atoms with Crippen molar-refractivity contribution in [2.45, 2.75) is 0 Å². The molecule has 0 aliphatic heterocycles. The summed E-state index contributed by atoms with van der Waals surface area (Å²) < 4.78 is 12.3. The monoisotopic (exact) mass is 192 g/mol. The van der Waals surface area contributed by atoms with Gasteiger partial charge >= 0.3 is 0 Å². The van der Waals surface area contributed by atoms with E-state index < -0.39 is 0 Å². The van der Waals surface area contributed by atoms with Crippen LogP contribution in [0, 0.1) is 0 Å². The molecule has 0 saturated carbocycles. The van der Waals surface area contributed by atoms with Crippen molar-refractivity contribution < 1.29 is 9.47 Å². The summed E-state index contributed by atoms with van der Waals surface area (Å²) >= 11 is 0. The Kier molecular flexibility index (Phi) is 2.65. The zero-order valence-electron chi connectivity index (χ0n) is 8.01. The Hall–Kier alpha value is -1.55. The summed E-state index contributed by atoms with van der Waals surface area (Å²) in [5.41, 5.74) is 0.920. The molecule has 0 aliphatic carbocycles. The fourth-order valence-corrected chi connectivity index (χ4v) is 1.23. The molecule has 0 bridgehead atoms. The van der Waals surface area contributed by atoms with Gasteiger partial charge in [-0.15, -0.1) is 0 Å². The van der Waals surface area contributed by atoms with Crippen molar-refractivity contribution in [3.8, 4) is 5.75 Å². The molecule has 74 valence electrons. The smallest absolute Gasteiger partial charge is 0.136 e. The Morgan fingerprint density at radius 1 is 1.36 bits per heavy atom. The summed E-state index contributed by atoms with van der Waals surface area (Å²) in [7, 11) is 1.66. The van der Waals surface area contributed by atoms with Crippen molar-refractivity contribution in [2.75, 3.05) is 20.3 Å². The van der Waals surface area contributed by atoms with E-state index in [9.17, 15) is 0 Å². The lowest BCUT2D eigenvalue weighted by Gasteiger charge is -2.05. The number of fused-ring (bicyclic) bond motifs is 1. The number of pyridine rings is 1. The Bertz CT molecular complexity index is 411. The molecule has 2 aromatic rings. The van der Waals surface area contributed by atoms with Gasteiger partial charge in [-0.3, -0.25) is 0 Å². The van der Waals surface area contributed by atoms with Crippen LogP contribution < -0.4 is 4.74 Å². The number of hydrogen-bond donors (Lipinski definition) is 0. The van der Waals surface area contributed by atoms with E-state index in [4.69, 9.17) is 9.47 Å². The highest BCUT2D eigenvalue weighted by atomic mass is 16.5. The summed E-state index contributed by atoms with van der Waals surface area (Å²) in [6.07, 6.45) is 5.55. The van der Waals surface area contributed by atoms with Crippen molar-refractivity contribution in [3.05, 3.63) is 30.7 Å². The molecule has 4 heteroatoms. The Morgan fingerprint density at radius 2 is 2.29 bits per heavy atom. The minimum absolute atomic E-state index is 0.566. The second-order valence-corrected chi connectivity index (χ2v) is 2.90. The minimum Gasteiger partial charge on any atom is -0.490 e. The maximum absolute atomic E-state index is 5.45.